The van der Waals surface area contributed by atoms with E-state index < -0.39 is 0 Å². The van der Waals surface area contributed by atoms with E-state index in [1.54, 1.807) is 0 Å². The smallest absolute Gasteiger partial charge is 0.221 e. The highest BCUT2D eigenvalue weighted by molar-refractivity contribution is 14.1. The number of hydrogen-bond acceptors (Lipinski definition) is 3. The lowest BCUT2D eigenvalue weighted by atomic mass is 10.1. The monoisotopic (exact) mass is 537 g/mol. The minimum Gasteiger partial charge on any atom is -0.355 e. The van der Waals surface area contributed by atoms with Crippen molar-refractivity contribution in [3.05, 3.63) is 91.5 Å². The molecular weight excluding hydrogens is 521 g/mol. The lowest BCUT2D eigenvalue weighted by Crippen LogP contribution is -2.02. The molecule has 0 fully saturated rings. The summed E-state index contributed by atoms with van der Waals surface area (Å²) in [6.07, 6.45) is 0. The SMILES string of the molecule is Cc1cc(I)ccc1Nc1ccc(Br)cc1C(=O)SCc1ccccc1. The van der Waals surface area contributed by atoms with Crippen LogP contribution in [0.1, 0.15) is 21.5 Å². The molecule has 5 heteroatoms. The second kappa shape index (κ2) is 9.06. The Balaban J connectivity index is 1.82. The first kappa shape index (κ1) is 19.5. The normalized spacial score (nSPS) is 10.6. The van der Waals surface area contributed by atoms with Gasteiger partial charge in [-0.1, -0.05) is 58.0 Å². The van der Waals surface area contributed by atoms with Gasteiger partial charge in [0.25, 0.3) is 0 Å². The molecular formula is C21H17BrINOS. The van der Waals surface area contributed by atoms with E-state index >= 15 is 0 Å². The lowest BCUT2D eigenvalue weighted by Gasteiger charge is -2.14. The van der Waals surface area contributed by atoms with Crippen molar-refractivity contribution in [2.75, 3.05) is 5.32 Å². The Morgan fingerprint density at radius 2 is 1.77 bits per heavy atom. The number of rotatable bonds is 5. The Kier molecular flexibility index (Phi) is 6.78. The summed E-state index contributed by atoms with van der Waals surface area (Å²) in [5, 5.41) is 3.47. The first-order chi connectivity index (χ1) is 12.5. The van der Waals surface area contributed by atoms with E-state index in [1.807, 2.05) is 54.6 Å². The second-order valence-electron chi connectivity index (χ2n) is 5.84. The van der Waals surface area contributed by atoms with E-state index in [-0.39, 0.29) is 5.12 Å². The molecule has 0 radical (unpaired) electrons. The van der Waals surface area contributed by atoms with Crippen molar-refractivity contribution in [3.63, 3.8) is 0 Å². The molecule has 0 bridgehead atoms. The van der Waals surface area contributed by atoms with Crippen molar-refractivity contribution in [1.82, 2.24) is 0 Å². The fourth-order valence-corrected chi connectivity index (χ4v) is 4.33. The molecule has 0 saturated heterocycles. The van der Waals surface area contributed by atoms with Crippen LogP contribution in [0.25, 0.3) is 0 Å². The topological polar surface area (TPSA) is 29.1 Å². The maximum absolute atomic E-state index is 12.8. The average molecular weight is 538 g/mol. The summed E-state index contributed by atoms with van der Waals surface area (Å²) in [6, 6.07) is 22.0. The maximum atomic E-state index is 12.8. The number of halogens is 2. The van der Waals surface area contributed by atoms with E-state index in [2.05, 4.69) is 62.9 Å². The standard InChI is InChI=1S/C21H17BrINOS/c1-14-11-17(23)8-10-19(14)24-20-9-7-16(22)12-18(20)21(25)26-13-15-5-3-2-4-6-15/h2-12,24H,13H2,1H3. The number of hydrogen-bond donors (Lipinski definition) is 1. The molecule has 0 aromatic heterocycles. The van der Waals surface area contributed by atoms with Gasteiger partial charge in [0.1, 0.15) is 0 Å². The van der Waals surface area contributed by atoms with Crippen LogP contribution in [0, 0.1) is 10.5 Å². The number of carbonyl (C=O) groups excluding carboxylic acids is 1. The highest BCUT2D eigenvalue weighted by Crippen LogP contribution is 2.30. The predicted molar refractivity (Wildman–Crippen MR) is 123 cm³/mol. The van der Waals surface area contributed by atoms with Gasteiger partial charge < -0.3 is 5.32 Å². The van der Waals surface area contributed by atoms with Crippen LogP contribution >= 0.6 is 50.3 Å². The van der Waals surface area contributed by atoms with Crippen LogP contribution in [0.15, 0.2) is 71.2 Å². The van der Waals surface area contributed by atoms with Crippen LogP contribution in [0.2, 0.25) is 0 Å². The van der Waals surface area contributed by atoms with Gasteiger partial charge in [-0.25, -0.2) is 0 Å². The van der Waals surface area contributed by atoms with Crippen molar-refractivity contribution < 1.29 is 4.79 Å². The van der Waals surface area contributed by atoms with Crippen molar-refractivity contribution in [2.24, 2.45) is 0 Å². The Hall–Kier alpha value is -1.31. The first-order valence-corrected chi connectivity index (χ1v) is 10.9. The summed E-state index contributed by atoms with van der Waals surface area (Å²) in [7, 11) is 0. The number of nitrogens with one attached hydrogen (secondary N) is 1. The fourth-order valence-electron chi connectivity index (χ4n) is 2.51. The molecule has 0 amide bonds. The van der Waals surface area contributed by atoms with Crippen LogP contribution in [0.4, 0.5) is 11.4 Å². The van der Waals surface area contributed by atoms with E-state index in [1.165, 1.54) is 15.3 Å². The van der Waals surface area contributed by atoms with E-state index in [9.17, 15) is 4.79 Å². The summed E-state index contributed by atoms with van der Waals surface area (Å²) >= 11 is 7.10. The van der Waals surface area contributed by atoms with Crippen molar-refractivity contribution in [3.8, 4) is 0 Å². The van der Waals surface area contributed by atoms with Crippen LogP contribution in [-0.4, -0.2) is 5.12 Å². The first-order valence-electron chi connectivity index (χ1n) is 8.07. The lowest BCUT2D eigenvalue weighted by molar-refractivity contribution is 0.108. The number of aryl methyl sites for hydroxylation is 1. The van der Waals surface area contributed by atoms with Crippen LogP contribution in [-0.2, 0) is 5.75 Å². The molecule has 132 valence electrons. The number of thioether (sulfide) groups is 1. The summed E-state index contributed by atoms with van der Waals surface area (Å²) in [5.74, 6) is 0.661. The van der Waals surface area contributed by atoms with Gasteiger partial charge in [-0.2, -0.15) is 0 Å². The number of anilines is 2. The van der Waals surface area contributed by atoms with Gasteiger partial charge in [-0.05, 0) is 77.0 Å². The highest BCUT2D eigenvalue weighted by atomic mass is 127. The molecule has 0 atom stereocenters. The van der Waals surface area contributed by atoms with Crippen molar-refractivity contribution in [2.45, 2.75) is 12.7 Å². The molecule has 0 spiro atoms. The van der Waals surface area contributed by atoms with Crippen LogP contribution in [0.3, 0.4) is 0 Å². The molecule has 0 aliphatic carbocycles. The largest absolute Gasteiger partial charge is 0.355 e. The van der Waals surface area contributed by atoms with E-state index in [0.717, 1.165) is 27.0 Å². The average Bonchev–Trinajstić information content (AvgIpc) is 2.64. The zero-order valence-electron chi connectivity index (χ0n) is 14.1. The van der Waals surface area contributed by atoms with Gasteiger partial charge >= 0.3 is 0 Å². The van der Waals surface area contributed by atoms with Crippen molar-refractivity contribution in [1.29, 1.82) is 0 Å². The highest BCUT2D eigenvalue weighted by Gasteiger charge is 2.14. The maximum Gasteiger partial charge on any atom is 0.221 e. The summed E-state index contributed by atoms with van der Waals surface area (Å²) < 4.78 is 2.09. The second-order valence-corrected chi connectivity index (χ2v) is 8.95. The molecule has 0 aliphatic rings. The molecule has 0 saturated carbocycles. The van der Waals surface area contributed by atoms with Gasteiger partial charge in [0.15, 0.2) is 0 Å². The van der Waals surface area contributed by atoms with Gasteiger partial charge in [-0.15, -0.1) is 0 Å². The predicted octanol–water partition coefficient (Wildman–Crippen LogP) is 7.18. The molecule has 3 aromatic carbocycles. The minimum atomic E-state index is 0.0563. The molecule has 2 nitrogen and oxygen atoms in total. The van der Waals surface area contributed by atoms with Gasteiger partial charge in [0, 0.05) is 19.5 Å². The molecule has 0 unspecified atom stereocenters. The number of benzene rings is 3. The quantitative estimate of drug-likeness (QED) is 0.349. The molecule has 0 aliphatic heterocycles. The van der Waals surface area contributed by atoms with Crippen LogP contribution in [0.5, 0.6) is 0 Å². The molecule has 26 heavy (non-hydrogen) atoms. The third-order valence-electron chi connectivity index (χ3n) is 3.87. The van der Waals surface area contributed by atoms with Gasteiger partial charge in [0.2, 0.25) is 5.12 Å². The van der Waals surface area contributed by atoms with Crippen LogP contribution < -0.4 is 5.32 Å². The molecule has 0 heterocycles. The number of carbonyl (C=O) groups is 1. The third kappa shape index (κ3) is 5.11. The van der Waals surface area contributed by atoms with Crippen molar-refractivity contribution >= 4 is 66.8 Å². The molecule has 3 aromatic rings. The summed E-state index contributed by atoms with van der Waals surface area (Å²) in [6.45, 7) is 2.06. The van der Waals surface area contributed by atoms with E-state index in [4.69, 9.17) is 0 Å². The zero-order chi connectivity index (χ0) is 18.5. The molecule has 1 N–H and O–H groups in total. The Labute approximate surface area is 180 Å². The van der Waals surface area contributed by atoms with E-state index in [0.29, 0.717) is 11.3 Å². The Morgan fingerprint density at radius 3 is 2.50 bits per heavy atom. The van der Waals surface area contributed by atoms with Gasteiger partial charge in [-0.3, -0.25) is 4.79 Å². The third-order valence-corrected chi connectivity index (χ3v) is 6.00. The van der Waals surface area contributed by atoms with Gasteiger partial charge in [0.05, 0.1) is 11.3 Å². The molecule has 3 rings (SSSR count). The minimum absolute atomic E-state index is 0.0563. The zero-order valence-corrected chi connectivity index (χ0v) is 18.7. The Bertz CT molecular complexity index is 931. The Morgan fingerprint density at radius 1 is 1.04 bits per heavy atom. The fraction of sp³-hybridized carbons (Fsp3) is 0.0952. The summed E-state index contributed by atoms with van der Waals surface area (Å²) in [4.78, 5) is 12.8. The summed E-state index contributed by atoms with van der Waals surface area (Å²) in [5.41, 5.74) is 4.80.